The Labute approximate surface area is 112 Å². The zero-order valence-corrected chi connectivity index (χ0v) is 11.9. The first-order valence-electron chi connectivity index (χ1n) is 6.63. The first-order valence-corrected chi connectivity index (χ1v) is 6.63. The lowest BCUT2D eigenvalue weighted by molar-refractivity contribution is -0.159. The van der Waals surface area contributed by atoms with E-state index in [0.717, 1.165) is 4.90 Å². The summed E-state index contributed by atoms with van der Waals surface area (Å²) >= 11 is 0. The number of halogens is 2. The maximum atomic E-state index is 12.7. The largest absolute Gasteiger partial charge is 0.342 e. The number of nitrogens with one attached hydrogen (secondary N) is 1. The second-order valence-electron chi connectivity index (χ2n) is 5.62. The van der Waals surface area contributed by atoms with Gasteiger partial charge in [0.2, 0.25) is 11.8 Å². The lowest BCUT2D eigenvalue weighted by Crippen LogP contribution is -2.70. The van der Waals surface area contributed by atoms with Gasteiger partial charge in [0.15, 0.2) is 0 Å². The molecule has 2 atom stereocenters. The first-order chi connectivity index (χ1) is 8.72. The third-order valence-electron chi connectivity index (χ3n) is 3.67. The van der Waals surface area contributed by atoms with Crippen molar-refractivity contribution in [1.29, 1.82) is 0 Å². The van der Waals surface area contributed by atoms with E-state index >= 15 is 0 Å². The van der Waals surface area contributed by atoms with Gasteiger partial charge in [0, 0.05) is 0 Å². The zero-order valence-electron chi connectivity index (χ0n) is 11.9. The lowest BCUT2D eigenvalue weighted by atomic mass is 9.88. The summed E-state index contributed by atoms with van der Waals surface area (Å²) in [6, 6.07) is -0.689. The van der Waals surface area contributed by atoms with Gasteiger partial charge in [0.05, 0.1) is 6.54 Å². The topological polar surface area (TPSA) is 49.4 Å². The Kier molecular flexibility index (Phi) is 4.87. The van der Waals surface area contributed by atoms with Crippen LogP contribution in [-0.4, -0.2) is 41.3 Å². The number of hydrogen-bond acceptors (Lipinski definition) is 2. The molecule has 1 rings (SSSR count). The van der Waals surface area contributed by atoms with E-state index in [4.69, 9.17) is 0 Å². The molecule has 1 heterocycles. The standard InChI is InChI=1S/C13H22F2N2O2/c1-5-13(4)12(19)16-9(6-8(2)3)11(18)17(13)7-10(14)15/h8-10H,5-7H2,1-4H3,(H,16,19). The molecule has 0 aromatic carbocycles. The number of rotatable bonds is 5. The number of piperazine rings is 1. The first kappa shape index (κ1) is 15.9. The minimum absolute atomic E-state index is 0.202. The molecular formula is C13H22F2N2O2. The minimum atomic E-state index is -2.64. The van der Waals surface area contributed by atoms with Crippen molar-refractivity contribution in [3.63, 3.8) is 0 Å². The van der Waals surface area contributed by atoms with Crippen LogP contribution in [0.25, 0.3) is 0 Å². The van der Waals surface area contributed by atoms with E-state index in [0.29, 0.717) is 12.8 Å². The van der Waals surface area contributed by atoms with Crippen LogP contribution in [0, 0.1) is 5.92 Å². The van der Waals surface area contributed by atoms with E-state index in [1.54, 1.807) is 6.92 Å². The summed E-state index contributed by atoms with van der Waals surface area (Å²) < 4.78 is 25.3. The van der Waals surface area contributed by atoms with Crippen molar-refractivity contribution < 1.29 is 18.4 Å². The molecule has 1 aliphatic rings. The Morgan fingerprint density at radius 2 is 1.95 bits per heavy atom. The third kappa shape index (κ3) is 3.22. The quantitative estimate of drug-likeness (QED) is 0.832. The Morgan fingerprint density at radius 3 is 2.37 bits per heavy atom. The van der Waals surface area contributed by atoms with Crippen molar-refractivity contribution in [3.8, 4) is 0 Å². The molecule has 0 aromatic heterocycles. The summed E-state index contributed by atoms with van der Waals surface area (Å²) in [5, 5.41) is 2.67. The molecule has 0 aliphatic carbocycles. The van der Waals surface area contributed by atoms with Crippen LogP contribution in [-0.2, 0) is 9.59 Å². The molecule has 0 bridgehead atoms. The number of amides is 2. The van der Waals surface area contributed by atoms with Crippen molar-refractivity contribution in [3.05, 3.63) is 0 Å². The van der Waals surface area contributed by atoms with E-state index in [1.807, 2.05) is 13.8 Å². The van der Waals surface area contributed by atoms with E-state index < -0.39 is 30.5 Å². The highest BCUT2D eigenvalue weighted by Crippen LogP contribution is 2.27. The fraction of sp³-hybridized carbons (Fsp3) is 0.846. The summed E-state index contributed by atoms with van der Waals surface area (Å²) in [4.78, 5) is 25.5. The molecular weight excluding hydrogens is 254 g/mol. The van der Waals surface area contributed by atoms with Crippen LogP contribution in [0.4, 0.5) is 8.78 Å². The molecule has 0 saturated carbocycles. The van der Waals surface area contributed by atoms with E-state index in [1.165, 1.54) is 6.92 Å². The highest BCUT2D eigenvalue weighted by Gasteiger charge is 2.48. The Balaban J connectivity index is 3.02. The molecule has 110 valence electrons. The highest BCUT2D eigenvalue weighted by molar-refractivity contribution is 5.99. The highest BCUT2D eigenvalue weighted by atomic mass is 19.3. The van der Waals surface area contributed by atoms with Crippen molar-refractivity contribution in [1.82, 2.24) is 10.2 Å². The van der Waals surface area contributed by atoms with Gasteiger partial charge in [0.1, 0.15) is 11.6 Å². The predicted molar refractivity (Wildman–Crippen MR) is 67.8 cm³/mol. The third-order valence-corrected chi connectivity index (χ3v) is 3.67. The summed E-state index contributed by atoms with van der Waals surface area (Å²) in [7, 11) is 0. The lowest BCUT2D eigenvalue weighted by Gasteiger charge is -2.46. The molecule has 0 spiro atoms. The minimum Gasteiger partial charge on any atom is -0.342 e. The second-order valence-corrected chi connectivity index (χ2v) is 5.62. The number of carbonyl (C=O) groups is 2. The van der Waals surface area contributed by atoms with Gasteiger partial charge in [-0.2, -0.15) is 0 Å². The molecule has 2 unspecified atom stereocenters. The van der Waals surface area contributed by atoms with Crippen molar-refractivity contribution in [2.24, 2.45) is 5.92 Å². The molecule has 2 amide bonds. The average Bonchev–Trinajstić information content (AvgIpc) is 2.30. The van der Waals surface area contributed by atoms with Crippen molar-refractivity contribution >= 4 is 11.8 Å². The molecule has 0 radical (unpaired) electrons. The van der Waals surface area contributed by atoms with Crippen LogP contribution >= 0.6 is 0 Å². The maximum absolute atomic E-state index is 12.7. The summed E-state index contributed by atoms with van der Waals surface area (Å²) in [6.07, 6.45) is -1.86. The van der Waals surface area contributed by atoms with Crippen LogP contribution in [0.2, 0.25) is 0 Å². The predicted octanol–water partition coefficient (Wildman–Crippen LogP) is 1.79. The number of nitrogens with zero attached hydrogens (tertiary/aromatic N) is 1. The van der Waals surface area contributed by atoms with Crippen molar-refractivity contribution in [2.75, 3.05) is 6.54 Å². The molecule has 1 aliphatic heterocycles. The fourth-order valence-electron chi connectivity index (χ4n) is 2.34. The van der Waals surface area contributed by atoms with Gasteiger partial charge in [-0.25, -0.2) is 8.78 Å². The van der Waals surface area contributed by atoms with E-state index in [2.05, 4.69) is 5.32 Å². The van der Waals surface area contributed by atoms with E-state index in [9.17, 15) is 18.4 Å². The fourth-order valence-corrected chi connectivity index (χ4v) is 2.34. The van der Waals surface area contributed by atoms with Gasteiger partial charge < -0.3 is 10.2 Å². The molecule has 1 fully saturated rings. The molecule has 1 N–H and O–H groups in total. The van der Waals surface area contributed by atoms with Gasteiger partial charge in [-0.1, -0.05) is 20.8 Å². The average molecular weight is 276 g/mol. The van der Waals surface area contributed by atoms with Gasteiger partial charge in [-0.15, -0.1) is 0 Å². The molecule has 6 heteroatoms. The summed E-state index contributed by atoms with van der Waals surface area (Å²) in [5.41, 5.74) is -1.18. The van der Waals surface area contributed by atoms with Crippen LogP contribution in [0.5, 0.6) is 0 Å². The Hall–Kier alpha value is -1.20. The van der Waals surface area contributed by atoms with Crippen LogP contribution in [0.1, 0.15) is 40.5 Å². The summed E-state index contributed by atoms with van der Waals surface area (Å²) in [5.74, 6) is -0.549. The maximum Gasteiger partial charge on any atom is 0.255 e. The summed E-state index contributed by atoms with van der Waals surface area (Å²) in [6.45, 7) is 6.41. The van der Waals surface area contributed by atoms with E-state index in [-0.39, 0.29) is 11.8 Å². The van der Waals surface area contributed by atoms with Crippen LogP contribution < -0.4 is 5.32 Å². The Morgan fingerprint density at radius 1 is 1.37 bits per heavy atom. The zero-order chi connectivity index (χ0) is 14.8. The molecule has 19 heavy (non-hydrogen) atoms. The van der Waals surface area contributed by atoms with Crippen molar-refractivity contribution in [2.45, 2.75) is 58.5 Å². The SMILES string of the molecule is CCC1(C)C(=O)NC(CC(C)C)C(=O)N1CC(F)F. The number of carbonyl (C=O) groups excluding carboxylic acids is 2. The molecule has 0 aromatic rings. The van der Waals surface area contributed by atoms with Gasteiger partial charge in [-0.3, -0.25) is 9.59 Å². The molecule has 1 saturated heterocycles. The molecule has 4 nitrogen and oxygen atoms in total. The number of alkyl halides is 2. The second kappa shape index (κ2) is 5.84. The normalized spacial score (nSPS) is 28.2. The smallest absolute Gasteiger partial charge is 0.255 e. The van der Waals surface area contributed by atoms with Gasteiger partial charge in [0.25, 0.3) is 6.43 Å². The Bertz CT molecular complexity index is 361. The van der Waals surface area contributed by atoms with Crippen LogP contribution in [0.3, 0.4) is 0 Å². The van der Waals surface area contributed by atoms with Crippen LogP contribution in [0.15, 0.2) is 0 Å². The monoisotopic (exact) mass is 276 g/mol. The number of hydrogen-bond donors (Lipinski definition) is 1. The van der Waals surface area contributed by atoms with Gasteiger partial charge in [-0.05, 0) is 25.7 Å². The van der Waals surface area contributed by atoms with Gasteiger partial charge >= 0.3 is 0 Å².